The fourth-order valence-corrected chi connectivity index (χ4v) is 3.45. The van der Waals surface area contributed by atoms with Gasteiger partial charge in [-0.3, -0.25) is 4.99 Å². The Morgan fingerprint density at radius 1 is 1.29 bits per heavy atom. The number of sulfone groups is 1. The molecule has 0 atom stereocenters. The summed E-state index contributed by atoms with van der Waals surface area (Å²) in [5, 5.41) is 3.12. The van der Waals surface area contributed by atoms with Gasteiger partial charge in [0.25, 0.3) is 0 Å². The van der Waals surface area contributed by atoms with Crippen LogP contribution < -0.4 is 5.32 Å². The minimum absolute atomic E-state index is 0. The molecule has 1 N–H and O–H groups in total. The van der Waals surface area contributed by atoms with Crippen LogP contribution >= 0.6 is 24.0 Å². The van der Waals surface area contributed by atoms with Crippen molar-refractivity contribution >= 4 is 45.9 Å². The highest BCUT2D eigenvalue weighted by atomic mass is 127. The first-order valence-corrected chi connectivity index (χ1v) is 11.6. The van der Waals surface area contributed by atoms with Gasteiger partial charge in [-0.25, -0.2) is 13.2 Å². The molecule has 1 amide bonds. The van der Waals surface area contributed by atoms with Gasteiger partial charge >= 0.3 is 6.09 Å². The van der Waals surface area contributed by atoms with E-state index in [1.54, 1.807) is 11.9 Å². The van der Waals surface area contributed by atoms with Crippen molar-refractivity contribution in [1.82, 2.24) is 15.1 Å². The molecule has 1 rings (SSSR count). The molecule has 1 aliphatic heterocycles. The number of piperidine rings is 1. The molecule has 166 valence electrons. The zero-order valence-corrected chi connectivity index (χ0v) is 21.2. The highest BCUT2D eigenvalue weighted by Crippen LogP contribution is 2.20. The smallest absolute Gasteiger partial charge is 0.410 e. The maximum absolute atomic E-state index is 12.3. The Bertz CT molecular complexity index is 612. The Kier molecular flexibility index (Phi) is 11.7. The second kappa shape index (κ2) is 12.0. The molecular weight excluding hydrogens is 495 g/mol. The molecule has 1 saturated heterocycles. The molecule has 0 radical (unpaired) electrons. The number of halogens is 1. The molecule has 0 saturated carbocycles. The van der Waals surface area contributed by atoms with Crippen LogP contribution in [-0.4, -0.2) is 87.7 Å². The summed E-state index contributed by atoms with van der Waals surface area (Å²) in [5.74, 6) is 1.24. The Labute approximate surface area is 187 Å². The summed E-state index contributed by atoms with van der Waals surface area (Å²) in [5.41, 5.74) is -0.488. The molecule has 1 fully saturated rings. The number of nitrogens with one attached hydrogen (secondary N) is 1. The standard InChI is InChI=1S/C18H36N4O4S.HI/c1-7-21(17(23)26-18(2,3)4)14-15-8-11-22(12-9-15)16(19-5)20-10-13-27(6,24)25;/h15H,7-14H2,1-6H3,(H,19,20);1H. The van der Waals surface area contributed by atoms with E-state index in [2.05, 4.69) is 15.2 Å². The van der Waals surface area contributed by atoms with Gasteiger partial charge in [-0.2, -0.15) is 0 Å². The number of hydrogen-bond acceptors (Lipinski definition) is 5. The summed E-state index contributed by atoms with van der Waals surface area (Å²) in [7, 11) is -1.29. The van der Waals surface area contributed by atoms with Crippen molar-refractivity contribution < 1.29 is 17.9 Å². The van der Waals surface area contributed by atoms with Crippen LogP contribution in [-0.2, 0) is 14.6 Å². The van der Waals surface area contributed by atoms with Crippen LogP contribution in [0.2, 0.25) is 0 Å². The van der Waals surface area contributed by atoms with Crippen molar-refractivity contribution in [2.24, 2.45) is 10.9 Å². The molecule has 0 bridgehead atoms. The van der Waals surface area contributed by atoms with E-state index in [1.807, 2.05) is 27.7 Å². The van der Waals surface area contributed by atoms with E-state index in [0.29, 0.717) is 25.6 Å². The van der Waals surface area contributed by atoms with Crippen molar-refractivity contribution in [2.45, 2.75) is 46.1 Å². The summed E-state index contributed by atoms with van der Waals surface area (Å²) >= 11 is 0. The zero-order valence-electron chi connectivity index (χ0n) is 18.0. The largest absolute Gasteiger partial charge is 0.444 e. The minimum Gasteiger partial charge on any atom is -0.444 e. The van der Waals surface area contributed by atoms with Gasteiger partial charge < -0.3 is 19.9 Å². The monoisotopic (exact) mass is 532 g/mol. The zero-order chi connectivity index (χ0) is 20.7. The van der Waals surface area contributed by atoms with Gasteiger partial charge in [0.2, 0.25) is 0 Å². The molecule has 0 unspecified atom stereocenters. The number of guanidine groups is 1. The van der Waals surface area contributed by atoms with E-state index in [-0.39, 0.29) is 35.8 Å². The van der Waals surface area contributed by atoms with Crippen LogP contribution in [0.4, 0.5) is 4.79 Å². The lowest BCUT2D eigenvalue weighted by Gasteiger charge is -2.36. The fraction of sp³-hybridized carbons (Fsp3) is 0.889. The van der Waals surface area contributed by atoms with Gasteiger partial charge in [0.1, 0.15) is 15.4 Å². The SMILES string of the molecule is CCN(CC1CCN(C(=NC)NCCS(C)(=O)=O)CC1)C(=O)OC(C)(C)C.I. The molecule has 0 aliphatic carbocycles. The third-order valence-corrected chi connectivity index (χ3v) is 5.34. The Hall–Kier alpha value is -0.780. The van der Waals surface area contributed by atoms with Gasteiger partial charge in [0.05, 0.1) is 5.75 Å². The summed E-state index contributed by atoms with van der Waals surface area (Å²) < 4.78 is 28.0. The first-order chi connectivity index (χ1) is 12.4. The molecular formula is C18H37IN4O4S. The van der Waals surface area contributed by atoms with Crippen molar-refractivity contribution in [2.75, 3.05) is 51.8 Å². The lowest BCUT2D eigenvalue weighted by Crippen LogP contribution is -2.48. The van der Waals surface area contributed by atoms with Gasteiger partial charge in [-0.05, 0) is 46.5 Å². The molecule has 10 heteroatoms. The van der Waals surface area contributed by atoms with Crippen molar-refractivity contribution in [3.8, 4) is 0 Å². The Morgan fingerprint density at radius 2 is 1.86 bits per heavy atom. The quantitative estimate of drug-likeness (QED) is 0.321. The number of aliphatic imine (C=N–C) groups is 1. The number of ether oxygens (including phenoxy) is 1. The van der Waals surface area contributed by atoms with Gasteiger partial charge in [-0.15, -0.1) is 24.0 Å². The molecule has 1 heterocycles. The maximum Gasteiger partial charge on any atom is 0.410 e. The van der Waals surface area contributed by atoms with Gasteiger partial charge in [0.15, 0.2) is 5.96 Å². The minimum atomic E-state index is -2.99. The van der Waals surface area contributed by atoms with Gasteiger partial charge in [0, 0.05) is 46.0 Å². The van der Waals surface area contributed by atoms with E-state index in [9.17, 15) is 13.2 Å². The molecule has 1 aliphatic rings. The Morgan fingerprint density at radius 3 is 2.29 bits per heavy atom. The summed E-state index contributed by atoms with van der Waals surface area (Å²) in [6, 6.07) is 0. The third-order valence-electron chi connectivity index (χ3n) is 4.39. The third kappa shape index (κ3) is 10.7. The van der Waals surface area contributed by atoms with Crippen LogP contribution in [0.5, 0.6) is 0 Å². The number of amides is 1. The summed E-state index contributed by atoms with van der Waals surface area (Å²) in [4.78, 5) is 20.5. The average molecular weight is 532 g/mol. The topological polar surface area (TPSA) is 91.3 Å². The van der Waals surface area contributed by atoms with Crippen LogP contribution in [0, 0.1) is 5.92 Å². The average Bonchev–Trinajstić information content (AvgIpc) is 2.54. The van der Waals surface area contributed by atoms with E-state index in [4.69, 9.17) is 4.74 Å². The predicted molar refractivity (Wildman–Crippen MR) is 124 cm³/mol. The number of carbonyl (C=O) groups excluding carboxylic acids is 1. The first-order valence-electron chi connectivity index (χ1n) is 9.56. The van der Waals surface area contributed by atoms with Crippen LogP contribution in [0.15, 0.2) is 4.99 Å². The van der Waals surface area contributed by atoms with Gasteiger partial charge in [-0.1, -0.05) is 0 Å². The summed E-state index contributed by atoms with van der Waals surface area (Å²) in [6.45, 7) is 10.9. The van der Waals surface area contributed by atoms with E-state index in [1.165, 1.54) is 6.26 Å². The lowest BCUT2D eigenvalue weighted by molar-refractivity contribution is 0.0214. The Balaban J connectivity index is 0.00000729. The van der Waals surface area contributed by atoms with Crippen molar-refractivity contribution in [3.63, 3.8) is 0 Å². The predicted octanol–water partition coefficient (Wildman–Crippen LogP) is 2.19. The van der Waals surface area contributed by atoms with E-state index >= 15 is 0 Å². The maximum atomic E-state index is 12.3. The number of rotatable bonds is 6. The molecule has 28 heavy (non-hydrogen) atoms. The first kappa shape index (κ1) is 27.2. The second-order valence-corrected chi connectivity index (χ2v) is 10.3. The van der Waals surface area contributed by atoms with Crippen LogP contribution in [0.3, 0.4) is 0 Å². The normalized spacial score (nSPS) is 16.4. The van der Waals surface area contributed by atoms with E-state index < -0.39 is 15.4 Å². The highest BCUT2D eigenvalue weighted by molar-refractivity contribution is 14.0. The van der Waals surface area contributed by atoms with Crippen molar-refractivity contribution in [3.05, 3.63) is 0 Å². The van der Waals surface area contributed by atoms with Crippen LogP contribution in [0.25, 0.3) is 0 Å². The molecule has 0 aromatic rings. The fourth-order valence-electron chi connectivity index (χ4n) is 2.98. The molecule has 0 spiro atoms. The lowest BCUT2D eigenvalue weighted by atomic mass is 9.96. The number of likely N-dealkylation sites (tertiary alicyclic amines) is 1. The van der Waals surface area contributed by atoms with Crippen LogP contribution in [0.1, 0.15) is 40.5 Å². The second-order valence-electron chi connectivity index (χ2n) is 8.05. The van der Waals surface area contributed by atoms with E-state index in [0.717, 1.165) is 31.9 Å². The van der Waals surface area contributed by atoms with Crippen molar-refractivity contribution in [1.29, 1.82) is 0 Å². The molecule has 8 nitrogen and oxygen atoms in total. The number of hydrogen-bond donors (Lipinski definition) is 1. The summed E-state index contributed by atoms with van der Waals surface area (Å²) in [6.07, 6.45) is 2.87. The molecule has 0 aromatic carbocycles. The highest BCUT2D eigenvalue weighted by Gasteiger charge is 2.27. The number of nitrogens with zero attached hydrogens (tertiary/aromatic N) is 3. The molecule has 0 aromatic heterocycles. The number of carbonyl (C=O) groups is 1.